The van der Waals surface area contributed by atoms with Gasteiger partial charge in [-0.2, -0.15) is 0 Å². The average Bonchev–Trinajstić information content (AvgIpc) is 2.75. The van der Waals surface area contributed by atoms with Crippen LogP contribution < -0.4 is 5.32 Å². The van der Waals surface area contributed by atoms with Crippen LogP contribution >= 0.6 is 11.6 Å². The lowest BCUT2D eigenvalue weighted by Gasteiger charge is -2.16. The van der Waals surface area contributed by atoms with Crippen molar-refractivity contribution in [1.82, 2.24) is 5.32 Å². The normalized spacial score (nSPS) is 12.9. The minimum atomic E-state index is 0.319. The van der Waals surface area contributed by atoms with Crippen LogP contribution in [0.1, 0.15) is 64.2 Å². The highest BCUT2D eigenvalue weighted by Crippen LogP contribution is 2.24. The van der Waals surface area contributed by atoms with Crippen LogP contribution in [0.2, 0.25) is 5.22 Å². The van der Waals surface area contributed by atoms with Crippen molar-refractivity contribution in [3.63, 3.8) is 0 Å². The van der Waals surface area contributed by atoms with Crippen molar-refractivity contribution in [3.8, 4) is 0 Å². The molecule has 1 unspecified atom stereocenters. The summed E-state index contributed by atoms with van der Waals surface area (Å²) in [6.07, 6.45) is 7.41. The summed E-state index contributed by atoms with van der Waals surface area (Å²) < 4.78 is 5.50. The lowest BCUT2D eigenvalue weighted by molar-refractivity contribution is 0.385. The maximum Gasteiger partial charge on any atom is 0.193 e. The van der Waals surface area contributed by atoms with E-state index in [0.717, 1.165) is 25.1 Å². The van der Waals surface area contributed by atoms with Crippen molar-refractivity contribution in [2.45, 2.75) is 58.4 Å². The van der Waals surface area contributed by atoms with E-state index in [1.165, 1.54) is 25.7 Å². The Labute approximate surface area is 110 Å². The zero-order chi connectivity index (χ0) is 12.5. The summed E-state index contributed by atoms with van der Waals surface area (Å²) in [7, 11) is 0. The number of hydrogen-bond donors (Lipinski definition) is 1. The van der Waals surface area contributed by atoms with Crippen LogP contribution in [0.3, 0.4) is 0 Å². The molecule has 0 aliphatic carbocycles. The van der Waals surface area contributed by atoms with Gasteiger partial charge in [-0.3, -0.25) is 0 Å². The van der Waals surface area contributed by atoms with Gasteiger partial charge in [0.1, 0.15) is 5.76 Å². The molecular weight excluding hydrogens is 234 g/mol. The number of halogens is 1. The van der Waals surface area contributed by atoms with Gasteiger partial charge in [0.15, 0.2) is 5.22 Å². The Morgan fingerprint density at radius 3 is 2.59 bits per heavy atom. The summed E-state index contributed by atoms with van der Waals surface area (Å²) in [6.45, 7) is 5.44. The molecule has 0 aliphatic rings. The topological polar surface area (TPSA) is 25.2 Å². The Morgan fingerprint density at radius 2 is 2.00 bits per heavy atom. The second kappa shape index (κ2) is 8.60. The highest BCUT2D eigenvalue weighted by Gasteiger charge is 2.14. The zero-order valence-electron chi connectivity index (χ0n) is 11.0. The van der Waals surface area contributed by atoms with Gasteiger partial charge in [0.25, 0.3) is 0 Å². The number of furan rings is 1. The number of rotatable bonds is 9. The molecule has 1 atom stereocenters. The van der Waals surface area contributed by atoms with Crippen LogP contribution in [0.5, 0.6) is 0 Å². The van der Waals surface area contributed by atoms with Gasteiger partial charge in [-0.25, -0.2) is 0 Å². The summed E-state index contributed by atoms with van der Waals surface area (Å²) >= 11 is 5.83. The van der Waals surface area contributed by atoms with Crippen molar-refractivity contribution >= 4 is 11.6 Å². The summed E-state index contributed by atoms with van der Waals surface area (Å²) in [5, 5.41) is 4.01. The Balaban J connectivity index is 2.42. The third-order valence-electron chi connectivity index (χ3n) is 2.92. The Morgan fingerprint density at radius 1 is 1.18 bits per heavy atom. The van der Waals surface area contributed by atoms with Crippen LogP contribution in [-0.2, 0) is 0 Å². The number of hydrogen-bond acceptors (Lipinski definition) is 2. The van der Waals surface area contributed by atoms with E-state index in [9.17, 15) is 0 Å². The van der Waals surface area contributed by atoms with Crippen molar-refractivity contribution < 1.29 is 4.42 Å². The first-order valence-electron chi connectivity index (χ1n) is 6.76. The van der Waals surface area contributed by atoms with Gasteiger partial charge in [-0.05, 0) is 43.1 Å². The van der Waals surface area contributed by atoms with Crippen LogP contribution in [0.15, 0.2) is 16.5 Å². The van der Waals surface area contributed by atoms with Gasteiger partial charge in [0.2, 0.25) is 0 Å². The molecule has 1 N–H and O–H groups in total. The van der Waals surface area contributed by atoms with Gasteiger partial charge in [0, 0.05) is 0 Å². The van der Waals surface area contributed by atoms with Crippen molar-refractivity contribution in [1.29, 1.82) is 0 Å². The molecule has 0 saturated carbocycles. The third kappa shape index (κ3) is 5.60. The fraction of sp³-hybridized carbons (Fsp3) is 0.714. The smallest absolute Gasteiger partial charge is 0.193 e. The van der Waals surface area contributed by atoms with Crippen molar-refractivity contribution in [3.05, 3.63) is 23.1 Å². The first-order chi connectivity index (χ1) is 8.27. The fourth-order valence-electron chi connectivity index (χ4n) is 1.95. The molecule has 0 amide bonds. The maximum absolute atomic E-state index is 5.83. The SMILES string of the molecule is CCCCCCC(NCCC)c1ccc(Cl)o1. The second-order valence-electron chi connectivity index (χ2n) is 4.50. The molecule has 1 rings (SSSR count). The minimum Gasteiger partial charge on any atom is -0.448 e. The highest BCUT2D eigenvalue weighted by atomic mass is 35.5. The summed E-state index contributed by atoms with van der Waals surface area (Å²) in [5.74, 6) is 0.972. The first-order valence-corrected chi connectivity index (χ1v) is 7.14. The summed E-state index contributed by atoms with van der Waals surface area (Å²) in [5.41, 5.74) is 0. The molecule has 0 radical (unpaired) electrons. The van der Waals surface area contributed by atoms with Crippen LogP contribution in [0.4, 0.5) is 0 Å². The molecule has 0 fully saturated rings. The van der Waals surface area contributed by atoms with E-state index in [4.69, 9.17) is 16.0 Å². The lowest BCUT2D eigenvalue weighted by Crippen LogP contribution is -2.21. The van der Waals surface area contributed by atoms with E-state index < -0.39 is 0 Å². The van der Waals surface area contributed by atoms with E-state index in [2.05, 4.69) is 19.2 Å². The van der Waals surface area contributed by atoms with Crippen LogP contribution in [0, 0.1) is 0 Å². The summed E-state index contributed by atoms with van der Waals surface area (Å²) in [6, 6.07) is 4.12. The van der Waals surface area contributed by atoms with E-state index in [0.29, 0.717) is 11.3 Å². The maximum atomic E-state index is 5.83. The average molecular weight is 258 g/mol. The Hall–Kier alpha value is -0.470. The molecule has 1 aromatic heterocycles. The third-order valence-corrected chi connectivity index (χ3v) is 3.13. The monoisotopic (exact) mass is 257 g/mol. The van der Waals surface area contributed by atoms with Crippen LogP contribution in [-0.4, -0.2) is 6.54 Å². The Bertz CT molecular complexity index is 298. The molecule has 1 aromatic rings. The van der Waals surface area contributed by atoms with Gasteiger partial charge in [0.05, 0.1) is 6.04 Å². The second-order valence-corrected chi connectivity index (χ2v) is 4.87. The lowest BCUT2D eigenvalue weighted by atomic mass is 10.1. The van der Waals surface area contributed by atoms with Crippen molar-refractivity contribution in [2.75, 3.05) is 6.54 Å². The summed E-state index contributed by atoms with van der Waals surface area (Å²) in [4.78, 5) is 0. The molecular formula is C14H24ClNO. The number of unbranched alkanes of at least 4 members (excludes halogenated alkanes) is 3. The molecule has 1 heterocycles. The quantitative estimate of drug-likeness (QED) is 0.634. The largest absolute Gasteiger partial charge is 0.448 e. The molecule has 2 nitrogen and oxygen atoms in total. The molecule has 0 aliphatic heterocycles. The fourth-order valence-corrected chi connectivity index (χ4v) is 2.11. The molecule has 0 bridgehead atoms. The van der Waals surface area contributed by atoms with E-state index in [-0.39, 0.29) is 0 Å². The predicted octanol–water partition coefficient (Wildman–Crippen LogP) is 4.94. The molecule has 0 saturated heterocycles. The van der Waals surface area contributed by atoms with E-state index >= 15 is 0 Å². The van der Waals surface area contributed by atoms with Gasteiger partial charge >= 0.3 is 0 Å². The van der Waals surface area contributed by atoms with Gasteiger partial charge in [-0.1, -0.05) is 39.5 Å². The van der Waals surface area contributed by atoms with Gasteiger partial charge < -0.3 is 9.73 Å². The van der Waals surface area contributed by atoms with E-state index in [1.807, 2.05) is 12.1 Å². The zero-order valence-corrected chi connectivity index (χ0v) is 11.7. The molecule has 98 valence electrons. The molecule has 0 spiro atoms. The number of nitrogens with one attached hydrogen (secondary N) is 1. The standard InChI is InChI=1S/C14H24ClNO/c1-3-5-6-7-8-12(16-11-4-2)13-9-10-14(15)17-13/h9-10,12,16H,3-8,11H2,1-2H3. The van der Waals surface area contributed by atoms with Crippen molar-refractivity contribution in [2.24, 2.45) is 0 Å². The van der Waals surface area contributed by atoms with Crippen LogP contribution in [0.25, 0.3) is 0 Å². The molecule has 3 heteroatoms. The first kappa shape index (κ1) is 14.6. The highest BCUT2D eigenvalue weighted by molar-refractivity contribution is 6.28. The molecule has 17 heavy (non-hydrogen) atoms. The van der Waals surface area contributed by atoms with E-state index in [1.54, 1.807) is 0 Å². The predicted molar refractivity (Wildman–Crippen MR) is 73.5 cm³/mol. The minimum absolute atomic E-state index is 0.319. The van der Waals surface area contributed by atoms with Gasteiger partial charge in [-0.15, -0.1) is 0 Å². The molecule has 0 aromatic carbocycles. The Kier molecular flexibility index (Phi) is 7.38.